The van der Waals surface area contributed by atoms with Crippen LogP contribution in [0.1, 0.15) is 27.7 Å². The van der Waals surface area contributed by atoms with Crippen LogP contribution in [0, 0.1) is 0 Å². The number of aliphatic imine (C=N–C) groups is 4. The molecule has 0 aliphatic carbocycles. The second-order valence-corrected chi connectivity index (χ2v) is 9.81. The summed E-state index contributed by atoms with van der Waals surface area (Å²) in [6.07, 6.45) is 7.23. The van der Waals surface area contributed by atoms with Gasteiger partial charge in [-0.3, -0.25) is 9.98 Å². The first kappa shape index (κ1) is 28.4. The Morgan fingerprint density at radius 3 is 1.21 bits per heavy atom. The maximum atomic E-state index is 5.55. The average Bonchev–Trinajstić information content (AvgIpc) is 3.44. The topological polar surface area (TPSA) is 110 Å². The fraction of sp³-hybridized carbons (Fsp3) is 0.250. The molecule has 0 amide bonds. The number of hydrogen-bond acceptors (Lipinski definition) is 10. The van der Waals surface area contributed by atoms with Crippen molar-refractivity contribution in [2.75, 3.05) is 39.1 Å². The van der Waals surface area contributed by atoms with E-state index in [0.29, 0.717) is 34.4 Å². The number of methoxy groups -OCH3 is 4. The van der Waals surface area contributed by atoms with Crippen molar-refractivity contribution in [1.29, 1.82) is 0 Å². The fourth-order valence-electron chi connectivity index (χ4n) is 4.63. The summed E-state index contributed by atoms with van der Waals surface area (Å²) in [5, 5.41) is 6.76. The van der Waals surface area contributed by atoms with Gasteiger partial charge in [-0.1, -0.05) is 0 Å². The molecule has 0 aromatic heterocycles. The van der Waals surface area contributed by atoms with Gasteiger partial charge in [0.05, 0.1) is 86.4 Å². The Labute approximate surface area is 245 Å². The third kappa shape index (κ3) is 5.30. The second-order valence-electron chi connectivity index (χ2n) is 9.81. The van der Waals surface area contributed by atoms with Crippen molar-refractivity contribution in [1.82, 2.24) is 0 Å². The van der Waals surface area contributed by atoms with E-state index in [2.05, 4.69) is 10.6 Å². The van der Waals surface area contributed by atoms with Gasteiger partial charge in [0.15, 0.2) is 23.0 Å². The third-order valence-corrected chi connectivity index (χ3v) is 7.53. The largest absolute Gasteiger partial charge is 0.493 e. The van der Waals surface area contributed by atoms with Gasteiger partial charge in [0.2, 0.25) is 0 Å². The van der Waals surface area contributed by atoms with Crippen LogP contribution in [0.15, 0.2) is 90.3 Å². The molecule has 2 N–H and O–H groups in total. The molecule has 0 atom stereocenters. The Balaban J connectivity index is 1.69. The summed E-state index contributed by atoms with van der Waals surface area (Å²) in [6, 6.07) is 7.37. The van der Waals surface area contributed by atoms with Crippen LogP contribution < -0.4 is 29.6 Å². The molecule has 4 bridgehead atoms. The average molecular weight is 567 g/mol. The van der Waals surface area contributed by atoms with E-state index in [4.69, 9.17) is 38.9 Å². The molecule has 0 saturated carbocycles. The van der Waals surface area contributed by atoms with E-state index < -0.39 is 0 Å². The van der Waals surface area contributed by atoms with E-state index in [1.807, 2.05) is 64.4 Å². The smallest absolute Gasteiger partial charge is 0.163 e. The molecule has 0 radical (unpaired) electrons. The molecule has 0 unspecified atom stereocenters. The van der Waals surface area contributed by atoms with Crippen LogP contribution in [0.2, 0.25) is 0 Å². The first-order valence-electron chi connectivity index (χ1n) is 13.3. The highest BCUT2D eigenvalue weighted by molar-refractivity contribution is 6.40. The molecule has 2 aromatic carbocycles. The molecule has 5 rings (SSSR count). The number of nitrogens with one attached hydrogen (secondary N) is 2. The molecule has 3 aliphatic heterocycles. The molecule has 10 nitrogen and oxygen atoms in total. The molecule has 10 heteroatoms. The van der Waals surface area contributed by atoms with Crippen LogP contribution in [-0.4, -0.2) is 52.3 Å². The van der Waals surface area contributed by atoms with Crippen molar-refractivity contribution in [3.05, 3.63) is 70.4 Å². The number of ether oxygens (including phenoxy) is 4. The Hall–Kier alpha value is -5.12. The quantitative estimate of drug-likeness (QED) is 0.415. The van der Waals surface area contributed by atoms with Crippen LogP contribution in [0.25, 0.3) is 0 Å². The van der Waals surface area contributed by atoms with Gasteiger partial charge in [0.1, 0.15) is 0 Å². The molecule has 3 heterocycles. The minimum Gasteiger partial charge on any atom is -0.493 e. The van der Waals surface area contributed by atoms with Crippen molar-refractivity contribution in [3.8, 4) is 23.0 Å². The van der Waals surface area contributed by atoms with Gasteiger partial charge in [-0.05, 0) is 50.0 Å². The number of nitrogens with zero attached hydrogens (tertiary/aromatic N) is 4. The molecule has 2 aromatic rings. The lowest BCUT2D eigenvalue weighted by Crippen LogP contribution is -2.00. The summed E-state index contributed by atoms with van der Waals surface area (Å²) >= 11 is 0. The number of hydrogen-bond donors (Lipinski definition) is 2. The second kappa shape index (κ2) is 11.8. The van der Waals surface area contributed by atoms with Crippen molar-refractivity contribution >= 4 is 46.6 Å². The SMILES string of the molecule is COc1cc2c(cc1OC)NC=C1N=C(C=Nc3cc(OC)c(OC)cc3NC=C3N=C(C=N2)C(C)=C3C)C(C)=C1C. The molecule has 0 spiro atoms. The van der Waals surface area contributed by atoms with Gasteiger partial charge in [0.25, 0.3) is 0 Å². The third-order valence-electron chi connectivity index (χ3n) is 7.53. The van der Waals surface area contributed by atoms with E-state index in [-0.39, 0.29) is 0 Å². The summed E-state index contributed by atoms with van der Waals surface area (Å²) < 4.78 is 22.2. The molecule has 0 saturated heterocycles. The predicted octanol–water partition coefficient (Wildman–Crippen LogP) is 6.93. The number of anilines is 2. The monoisotopic (exact) mass is 566 g/mol. The lowest BCUT2D eigenvalue weighted by atomic mass is 10.1. The number of rotatable bonds is 4. The Kier molecular flexibility index (Phi) is 7.97. The molecular formula is C32H34N6O4. The Morgan fingerprint density at radius 2 is 0.857 bits per heavy atom. The van der Waals surface area contributed by atoms with Gasteiger partial charge in [-0.2, -0.15) is 0 Å². The summed E-state index contributed by atoms with van der Waals surface area (Å²) in [5.74, 6) is 2.30. The van der Waals surface area contributed by atoms with Crippen LogP contribution in [0.3, 0.4) is 0 Å². The van der Waals surface area contributed by atoms with E-state index in [1.165, 1.54) is 0 Å². The zero-order valence-corrected chi connectivity index (χ0v) is 25.0. The molecular weight excluding hydrogens is 532 g/mol. The standard InChI is InChI=1S/C32H34N6O4/c1-17-18(2)26-14-34-23-11-31(41-7)32(42-8)12-24(23)36-16-28-20(4)19(3)27(38-28)15-35-22-10-30(40-6)29(39-5)9-21(22)33-13-25(17)37-26/h9-16,33,36H,1-8H3. The van der Waals surface area contributed by atoms with Gasteiger partial charge in [-0.25, -0.2) is 9.98 Å². The summed E-state index contributed by atoms with van der Waals surface area (Å²) in [6.45, 7) is 8.12. The zero-order chi connectivity index (χ0) is 30.0. The summed E-state index contributed by atoms with van der Waals surface area (Å²) in [5.41, 5.74) is 9.97. The molecule has 3 aliphatic rings. The summed E-state index contributed by atoms with van der Waals surface area (Å²) in [7, 11) is 6.41. The maximum Gasteiger partial charge on any atom is 0.163 e. The van der Waals surface area contributed by atoms with Gasteiger partial charge in [0, 0.05) is 36.7 Å². The first-order chi connectivity index (χ1) is 20.3. The number of fused-ring (bicyclic) bond motifs is 4. The van der Waals surface area contributed by atoms with Crippen molar-refractivity contribution in [3.63, 3.8) is 0 Å². The van der Waals surface area contributed by atoms with Crippen LogP contribution in [-0.2, 0) is 0 Å². The van der Waals surface area contributed by atoms with Crippen molar-refractivity contribution in [2.24, 2.45) is 20.0 Å². The zero-order valence-electron chi connectivity index (χ0n) is 25.0. The van der Waals surface area contributed by atoms with E-state index in [1.54, 1.807) is 40.9 Å². The highest BCUT2D eigenvalue weighted by atomic mass is 16.5. The minimum atomic E-state index is 0.571. The fourth-order valence-corrected chi connectivity index (χ4v) is 4.63. The minimum absolute atomic E-state index is 0.571. The highest BCUT2D eigenvalue weighted by Crippen LogP contribution is 2.40. The number of allylic oxidation sites excluding steroid dienone is 4. The predicted molar refractivity (Wildman–Crippen MR) is 170 cm³/mol. The van der Waals surface area contributed by atoms with Gasteiger partial charge < -0.3 is 29.6 Å². The summed E-state index contributed by atoms with van der Waals surface area (Å²) in [4.78, 5) is 19.3. The number of benzene rings is 2. The first-order valence-corrected chi connectivity index (χ1v) is 13.3. The van der Waals surface area contributed by atoms with Gasteiger partial charge >= 0.3 is 0 Å². The van der Waals surface area contributed by atoms with Crippen molar-refractivity contribution < 1.29 is 18.9 Å². The van der Waals surface area contributed by atoms with Gasteiger partial charge in [-0.15, -0.1) is 0 Å². The van der Waals surface area contributed by atoms with E-state index >= 15 is 0 Å². The molecule has 0 fully saturated rings. The van der Waals surface area contributed by atoms with Crippen molar-refractivity contribution in [2.45, 2.75) is 27.7 Å². The van der Waals surface area contributed by atoms with E-state index in [0.717, 1.165) is 56.5 Å². The van der Waals surface area contributed by atoms with Crippen LogP contribution >= 0.6 is 0 Å². The normalized spacial score (nSPS) is 16.2. The molecule has 42 heavy (non-hydrogen) atoms. The Bertz CT molecular complexity index is 1580. The van der Waals surface area contributed by atoms with E-state index in [9.17, 15) is 0 Å². The lowest BCUT2D eigenvalue weighted by Gasteiger charge is -2.13. The Morgan fingerprint density at radius 1 is 0.500 bits per heavy atom. The maximum absolute atomic E-state index is 5.55. The van der Waals surface area contributed by atoms with Crippen LogP contribution in [0.5, 0.6) is 23.0 Å². The molecule has 216 valence electrons. The highest BCUT2D eigenvalue weighted by Gasteiger charge is 2.20. The van der Waals surface area contributed by atoms with Crippen LogP contribution in [0.4, 0.5) is 22.7 Å². The lowest BCUT2D eigenvalue weighted by molar-refractivity contribution is 0.355.